The van der Waals surface area contributed by atoms with Crippen LogP contribution < -0.4 is 5.32 Å². The van der Waals surface area contributed by atoms with Gasteiger partial charge in [-0.2, -0.15) is 0 Å². The van der Waals surface area contributed by atoms with Crippen LogP contribution in [0.15, 0.2) is 0 Å². The van der Waals surface area contributed by atoms with E-state index in [4.69, 9.17) is 9.84 Å². The number of carboxylic acids is 1. The molecule has 1 aliphatic heterocycles. The molecule has 1 saturated heterocycles. The summed E-state index contributed by atoms with van der Waals surface area (Å²) in [5.41, 5.74) is 0. The Morgan fingerprint density at radius 3 is 2.79 bits per heavy atom. The molecule has 110 valence electrons. The Hall–Kier alpha value is -1.34. The first-order chi connectivity index (χ1) is 8.95. The van der Waals surface area contributed by atoms with Crippen molar-refractivity contribution in [1.82, 2.24) is 15.1 Å². The molecule has 0 saturated carbocycles. The average Bonchev–Trinajstić information content (AvgIpc) is 2.37. The number of likely N-dealkylation sites (tertiary alicyclic amines) is 1. The highest BCUT2D eigenvalue weighted by atomic mass is 16.5. The molecular weight excluding hydrogens is 250 g/mol. The van der Waals surface area contributed by atoms with Gasteiger partial charge in [-0.25, -0.2) is 9.59 Å². The number of nitrogens with one attached hydrogen (secondary N) is 1. The SMILES string of the molecule is COCC(NC(=O)N(C)C1CCCN(C)C1)C(=O)O. The first-order valence-electron chi connectivity index (χ1n) is 6.39. The van der Waals surface area contributed by atoms with Crippen molar-refractivity contribution in [2.45, 2.75) is 24.9 Å². The zero-order valence-electron chi connectivity index (χ0n) is 11.8. The van der Waals surface area contributed by atoms with Gasteiger partial charge in [-0.15, -0.1) is 0 Å². The second-order valence-electron chi connectivity index (χ2n) is 4.96. The van der Waals surface area contributed by atoms with Crippen molar-refractivity contribution in [1.29, 1.82) is 0 Å². The lowest BCUT2D eigenvalue weighted by Gasteiger charge is -2.36. The van der Waals surface area contributed by atoms with E-state index >= 15 is 0 Å². The zero-order valence-corrected chi connectivity index (χ0v) is 11.8. The summed E-state index contributed by atoms with van der Waals surface area (Å²) in [6.07, 6.45) is 1.98. The largest absolute Gasteiger partial charge is 0.480 e. The van der Waals surface area contributed by atoms with Gasteiger partial charge in [-0.3, -0.25) is 0 Å². The Morgan fingerprint density at radius 2 is 2.26 bits per heavy atom. The fraction of sp³-hybridized carbons (Fsp3) is 0.833. The highest BCUT2D eigenvalue weighted by molar-refractivity contribution is 5.82. The van der Waals surface area contributed by atoms with Crippen LogP contribution in [0.3, 0.4) is 0 Å². The third kappa shape index (κ3) is 4.68. The van der Waals surface area contributed by atoms with Crippen molar-refractivity contribution in [3.8, 4) is 0 Å². The number of carbonyl (C=O) groups is 2. The van der Waals surface area contributed by atoms with E-state index in [2.05, 4.69) is 10.2 Å². The fourth-order valence-corrected chi connectivity index (χ4v) is 2.21. The predicted octanol–water partition coefficient (Wildman–Crippen LogP) is -0.178. The second-order valence-corrected chi connectivity index (χ2v) is 4.96. The number of piperidine rings is 1. The second kappa shape index (κ2) is 7.30. The molecule has 1 heterocycles. The topological polar surface area (TPSA) is 82.1 Å². The molecule has 0 aromatic heterocycles. The number of methoxy groups -OCH3 is 1. The summed E-state index contributed by atoms with van der Waals surface area (Å²) in [7, 11) is 5.12. The summed E-state index contributed by atoms with van der Waals surface area (Å²) in [6.45, 7) is 1.80. The van der Waals surface area contributed by atoms with Crippen molar-refractivity contribution < 1.29 is 19.4 Å². The number of rotatable bonds is 5. The van der Waals surface area contributed by atoms with Crippen LogP contribution in [0.4, 0.5) is 4.79 Å². The first-order valence-corrected chi connectivity index (χ1v) is 6.39. The van der Waals surface area contributed by atoms with Crippen LogP contribution in [-0.2, 0) is 9.53 Å². The van der Waals surface area contributed by atoms with Gasteiger partial charge in [0.25, 0.3) is 0 Å². The summed E-state index contributed by atoms with van der Waals surface area (Å²) >= 11 is 0. The van der Waals surface area contributed by atoms with Crippen molar-refractivity contribution in [2.24, 2.45) is 0 Å². The Bertz CT molecular complexity index is 324. The van der Waals surface area contributed by atoms with Gasteiger partial charge in [0.05, 0.1) is 6.61 Å². The van der Waals surface area contributed by atoms with E-state index in [9.17, 15) is 9.59 Å². The number of carboxylic acid groups (broad SMARTS) is 1. The summed E-state index contributed by atoms with van der Waals surface area (Å²) in [6, 6.07) is -1.26. The molecular formula is C12H23N3O4. The fourth-order valence-electron chi connectivity index (χ4n) is 2.21. The summed E-state index contributed by atoms with van der Waals surface area (Å²) in [5.74, 6) is -1.09. The molecule has 7 heteroatoms. The molecule has 7 nitrogen and oxygen atoms in total. The van der Waals surface area contributed by atoms with Gasteiger partial charge < -0.3 is 25.0 Å². The normalized spacial score (nSPS) is 21.7. The van der Waals surface area contributed by atoms with Crippen LogP contribution in [-0.4, -0.2) is 79.9 Å². The van der Waals surface area contributed by atoms with Crippen LogP contribution in [0.5, 0.6) is 0 Å². The number of carbonyl (C=O) groups excluding carboxylic acids is 1. The highest BCUT2D eigenvalue weighted by Crippen LogP contribution is 2.13. The minimum absolute atomic E-state index is 0.0422. The van der Waals surface area contributed by atoms with Gasteiger partial charge in [0, 0.05) is 26.7 Å². The molecule has 0 aliphatic carbocycles. The minimum Gasteiger partial charge on any atom is -0.480 e. The minimum atomic E-state index is -1.09. The molecule has 0 bridgehead atoms. The lowest BCUT2D eigenvalue weighted by Crippen LogP contribution is -2.54. The van der Waals surface area contributed by atoms with E-state index in [0.29, 0.717) is 0 Å². The predicted molar refractivity (Wildman–Crippen MR) is 70.1 cm³/mol. The Balaban J connectivity index is 2.53. The van der Waals surface area contributed by atoms with Crippen molar-refractivity contribution in [3.05, 3.63) is 0 Å². The molecule has 0 spiro atoms. The third-order valence-corrected chi connectivity index (χ3v) is 3.40. The van der Waals surface area contributed by atoms with Crippen molar-refractivity contribution >= 4 is 12.0 Å². The van der Waals surface area contributed by atoms with Crippen molar-refractivity contribution in [3.63, 3.8) is 0 Å². The summed E-state index contributed by atoms with van der Waals surface area (Å²) in [4.78, 5) is 26.7. The van der Waals surface area contributed by atoms with Gasteiger partial charge in [0.1, 0.15) is 0 Å². The summed E-state index contributed by atoms with van der Waals surface area (Å²) < 4.78 is 4.79. The molecule has 1 rings (SSSR count). The maximum absolute atomic E-state index is 12.0. The van der Waals surface area contributed by atoms with Crippen LogP contribution >= 0.6 is 0 Å². The van der Waals surface area contributed by atoms with E-state index in [1.54, 1.807) is 11.9 Å². The number of amides is 2. The third-order valence-electron chi connectivity index (χ3n) is 3.40. The van der Waals surface area contributed by atoms with Crippen LogP contribution in [0.2, 0.25) is 0 Å². The molecule has 0 radical (unpaired) electrons. The molecule has 2 amide bonds. The number of urea groups is 1. The summed E-state index contributed by atoms with van der Waals surface area (Å²) in [5, 5.41) is 11.4. The van der Waals surface area contributed by atoms with E-state index in [1.807, 2.05) is 7.05 Å². The maximum atomic E-state index is 12.0. The zero-order chi connectivity index (χ0) is 14.4. The Morgan fingerprint density at radius 1 is 1.58 bits per heavy atom. The number of ether oxygens (including phenoxy) is 1. The Labute approximate surface area is 113 Å². The lowest BCUT2D eigenvalue weighted by molar-refractivity contribution is -0.140. The smallest absolute Gasteiger partial charge is 0.328 e. The monoisotopic (exact) mass is 273 g/mol. The number of likely N-dealkylation sites (N-methyl/N-ethyl adjacent to an activating group) is 2. The van der Waals surface area contributed by atoms with E-state index in [0.717, 1.165) is 25.9 Å². The lowest BCUT2D eigenvalue weighted by atomic mass is 10.1. The molecule has 1 fully saturated rings. The highest BCUT2D eigenvalue weighted by Gasteiger charge is 2.27. The van der Waals surface area contributed by atoms with E-state index < -0.39 is 12.0 Å². The average molecular weight is 273 g/mol. The molecule has 1 aliphatic rings. The molecule has 2 unspecified atom stereocenters. The quantitative estimate of drug-likeness (QED) is 0.726. The molecule has 0 aromatic carbocycles. The van der Waals surface area contributed by atoms with Gasteiger partial charge in [0.15, 0.2) is 6.04 Å². The van der Waals surface area contributed by atoms with Gasteiger partial charge in [-0.05, 0) is 26.4 Å². The van der Waals surface area contributed by atoms with E-state index in [1.165, 1.54) is 7.11 Å². The molecule has 2 N–H and O–H groups in total. The van der Waals surface area contributed by atoms with Crippen molar-refractivity contribution in [2.75, 3.05) is 40.9 Å². The van der Waals surface area contributed by atoms with Crippen LogP contribution in [0.25, 0.3) is 0 Å². The van der Waals surface area contributed by atoms with Crippen LogP contribution in [0.1, 0.15) is 12.8 Å². The van der Waals surface area contributed by atoms with Gasteiger partial charge in [0.2, 0.25) is 0 Å². The van der Waals surface area contributed by atoms with Gasteiger partial charge >= 0.3 is 12.0 Å². The number of hydrogen-bond donors (Lipinski definition) is 2. The Kier molecular flexibility index (Phi) is 6.04. The number of aliphatic carboxylic acids is 1. The maximum Gasteiger partial charge on any atom is 0.328 e. The van der Waals surface area contributed by atoms with E-state index in [-0.39, 0.29) is 18.7 Å². The van der Waals surface area contributed by atoms with Gasteiger partial charge in [-0.1, -0.05) is 0 Å². The number of hydrogen-bond acceptors (Lipinski definition) is 4. The number of nitrogens with zero attached hydrogens (tertiary/aromatic N) is 2. The first kappa shape index (κ1) is 15.7. The van der Waals surface area contributed by atoms with Crippen LogP contribution in [0, 0.1) is 0 Å². The standard InChI is InChI=1S/C12H23N3O4/c1-14-6-4-5-9(7-14)15(2)12(18)13-10(8-19-3)11(16)17/h9-10H,4-8H2,1-3H3,(H,13,18)(H,16,17). The molecule has 0 aromatic rings. The molecule has 2 atom stereocenters. The molecule has 19 heavy (non-hydrogen) atoms.